The number of carbonyl (C=O) groups excluding carboxylic acids is 1. The van der Waals surface area contributed by atoms with E-state index in [9.17, 15) is 4.79 Å². The number of rotatable bonds is 1. The van der Waals surface area contributed by atoms with Crippen molar-refractivity contribution in [1.29, 1.82) is 0 Å². The summed E-state index contributed by atoms with van der Waals surface area (Å²) in [6.45, 7) is 0. The molecule has 68 valence electrons. The zero-order valence-electron chi connectivity index (χ0n) is 6.36. The Hall–Kier alpha value is 0.480. The van der Waals surface area contributed by atoms with Crippen molar-refractivity contribution in [3.63, 3.8) is 0 Å². The van der Waals surface area contributed by atoms with Gasteiger partial charge in [0.05, 0.1) is 7.11 Å². The maximum Gasteiger partial charge on any atom is 0.372 e. The maximum absolute atomic E-state index is 10.9. The zero-order chi connectivity index (χ0) is 8.97. The van der Waals surface area contributed by atoms with Crippen LogP contribution < -0.4 is 0 Å². The van der Waals surface area contributed by atoms with Crippen LogP contribution >= 0.6 is 35.3 Å². The third kappa shape index (κ3) is 3.08. The van der Waals surface area contributed by atoms with Crippen LogP contribution in [-0.2, 0) is 17.4 Å². The number of hydrogen-bond donors (Lipinski definition) is 0. The second-order valence-corrected chi connectivity index (χ2v) is 5.91. The van der Waals surface area contributed by atoms with Crippen molar-refractivity contribution in [2.75, 3.05) is 18.6 Å². The van der Waals surface area contributed by atoms with Gasteiger partial charge in [0.1, 0.15) is 0 Å². The molecule has 1 rings (SSSR count). The van der Waals surface area contributed by atoms with Crippen LogP contribution in [0.4, 0.5) is 4.79 Å². The molecule has 6 heteroatoms. The molecule has 1 heterocycles. The fourth-order valence-corrected chi connectivity index (χ4v) is 4.06. The molecule has 12 heavy (non-hydrogen) atoms. The number of methoxy groups -OCH3 is 1. The van der Waals surface area contributed by atoms with E-state index in [-0.39, 0.29) is 5.30 Å². The largest absolute Gasteiger partial charge is 0.771 e. The van der Waals surface area contributed by atoms with Gasteiger partial charge in [-0.3, -0.25) is 0 Å². The Labute approximate surface area is 89.7 Å². The number of carbonyl (C=O) groups is 1. The van der Waals surface area contributed by atoms with Gasteiger partial charge in [0.2, 0.25) is 0 Å². The molecule has 1 aliphatic heterocycles. The van der Waals surface area contributed by atoms with Crippen LogP contribution in [0.15, 0.2) is 8.47 Å². The molecule has 0 spiro atoms. The summed E-state index contributed by atoms with van der Waals surface area (Å²) in [6, 6.07) is 0. The first-order valence-electron chi connectivity index (χ1n) is 3.16. The predicted molar refractivity (Wildman–Crippen MR) is 59.3 cm³/mol. The number of hydrogen-bond acceptors (Lipinski definition) is 6. The molecule has 0 saturated carbocycles. The molecule has 0 aromatic carbocycles. The van der Waals surface area contributed by atoms with Gasteiger partial charge in [-0.1, -0.05) is 0 Å². The van der Waals surface area contributed by atoms with E-state index in [1.807, 2.05) is 0 Å². The molecular formula is C6H7O2S4-. The summed E-state index contributed by atoms with van der Waals surface area (Å²) in [4.78, 5) is 10.9. The first-order chi connectivity index (χ1) is 5.74. The van der Waals surface area contributed by atoms with Crippen LogP contribution in [0.25, 0.3) is 0 Å². The van der Waals surface area contributed by atoms with Gasteiger partial charge in [-0.25, -0.2) is 4.79 Å². The number of ether oxygens (including phenoxy) is 1. The molecule has 0 unspecified atom stereocenters. The van der Waals surface area contributed by atoms with Crippen molar-refractivity contribution in [3.05, 3.63) is 8.47 Å². The third-order valence-corrected chi connectivity index (χ3v) is 5.47. The lowest BCUT2D eigenvalue weighted by Crippen LogP contribution is -1.97. The monoisotopic (exact) mass is 239 g/mol. The Kier molecular flexibility index (Phi) is 4.63. The Morgan fingerprint density at radius 1 is 1.58 bits per heavy atom. The lowest BCUT2D eigenvalue weighted by Gasteiger charge is -2.21. The Bertz CT molecular complexity index is 214. The molecule has 0 aromatic heterocycles. The van der Waals surface area contributed by atoms with Crippen molar-refractivity contribution in [2.24, 2.45) is 0 Å². The predicted octanol–water partition coefficient (Wildman–Crippen LogP) is 2.64. The standard InChI is InChI=1S/C6H8O2S4/c1-8-6(7)12-5-4(9)10-2-3-11-5/h9H,2-3H2,1H3/p-1. The van der Waals surface area contributed by atoms with Crippen molar-refractivity contribution >= 4 is 53.2 Å². The molecule has 0 radical (unpaired) electrons. The fourth-order valence-electron chi connectivity index (χ4n) is 0.575. The zero-order valence-corrected chi connectivity index (χ0v) is 9.63. The first kappa shape index (κ1) is 10.6. The molecule has 0 fully saturated rings. The summed E-state index contributed by atoms with van der Waals surface area (Å²) in [5, 5.41) is -0.289. The van der Waals surface area contributed by atoms with E-state index in [1.165, 1.54) is 7.11 Å². The maximum atomic E-state index is 10.9. The van der Waals surface area contributed by atoms with Gasteiger partial charge in [-0.05, 0) is 11.8 Å². The highest BCUT2D eigenvalue weighted by molar-refractivity contribution is 8.31. The quantitative estimate of drug-likeness (QED) is 0.515. The van der Waals surface area contributed by atoms with Gasteiger partial charge in [-0.15, -0.1) is 16.0 Å². The van der Waals surface area contributed by atoms with Crippen LogP contribution in [0.2, 0.25) is 0 Å². The molecule has 1 aliphatic rings. The Morgan fingerprint density at radius 3 is 2.83 bits per heavy atom. The van der Waals surface area contributed by atoms with E-state index in [1.54, 1.807) is 23.5 Å². The van der Waals surface area contributed by atoms with Crippen molar-refractivity contribution < 1.29 is 9.53 Å². The van der Waals surface area contributed by atoms with E-state index < -0.39 is 0 Å². The van der Waals surface area contributed by atoms with Crippen LogP contribution in [0.3, 0.4) is 0 Å². The molecular weight excluding hydrogens is 232 g/mol. The van der Waals surface area contributed by atoms with Crippen LogP contribution in [0, 0.1) is 0 Å². The van der Waals surface area contributed by atoms with Gasteiger partial charge in [0, 0.05) is 15.7 Å². The van der Waals surface area contributed by atoms with E-state index in [0.29, 0.717) is 0 Å². The van der Waals surface area contributed by atoms with Gasteiger partial charge in [-0.2, -0.15) is 11.8 Å². The van der Waals surface area contributed by atoms with Gasteiger partial charge in [0.15, 0.2) is 0 Å². The molecule has 0 saturated heterocycles. The summed E-state index contributed by atoms with van der Waals surface area (Å²) in [5.74, 6) is 2.05. The summed E-state index contributed by atoms with van der Waals surface area (Å²) >= 11 is 9.41. The van der Waals surface area contributed by atoms with E-state index in [0.717, 1.165) is 31.7 Å². The molecule has 0 bridgehead atoms. The second-order valence-electron chi connectivity index (χ2n) is 1.83. The minimum atomic E-state index is -0.289. The van der Waals surface area contributed by atoms with E-state index >= 15 is 0 Å². The second kappa shape index (κ2) is 5.26. The van der Waals surface area contributed by atoms with Gasteiger partial charge in [0.25, 0.3) is 0 Å². The Balaban J connectivity index is 2.54. The molecule has 0 N–H and O–H groups in total. The normalized spacial score (nSPS) is 17.8. The first-order valence-corrected chi connectivity index (χ1v) is 6.36. The summed E-state index contributed by atoms with van der Waals surface area (Å²) in [6.07, 6.45) is 0. The third-order valence-electron chi connectivity index (χ3n) is 1.06. The van der Waals surface area contributed by atoms with Crippen LogP contribution in [0.5, 0.6) is 0 Å². The van der Waals surface area contributed by atoms with Gasteiger partial charge < -0.3 is 17.4 Å². The summed E-state index contributed by atoms with van der Waals surface area (Å²) in [5.41, 5.74) is 0. The minimum absolute atomic E-state index is 0.289. The molecule has 0 aromatic rings. The van der Waals surface area contributed by atoms with Crippen molar-refractivity contribution in [3.8, 4) is 0 Å². The van der Waals surface area contributed by atoms with Crippen molar-refractivity contribution in [2.45, 2.75) is 0 Å². The highest BCUT2D eigenvalue weighted by Crippen LogP contribution is 2.40. The lowest BCUT2D eigenvalue weighted by molar-refractivity contribution is 0.200. The highest BCUT2D eigenvalue weighted by Gasteiger charge is 2.11. The minimum Gasteiger partial charge on any atom is -0.771 e. The molecule has 0 atom stereocenters. The SMILES string of the molecule is COC(=O)SC1=C([S-])SCCS1. The average Bonchev–Trinajstić information content (AvgIpc) is 2.09. The van der Waals surface area contributed by atoms with Crippen molar-refractivity contribution in [1.82, 2.24) is 0 Å². The Morgan fingerprint density at radius 2 is 2.25 bits per heavy atom. The summed E-state index contributed by atoms with van der Waals surface area (Å²) in [7, 11) is 1.37. The molecule has 0 amide bonds. The summed E-state index contributed by atoms with van der Waals surface area (Å²) < 4.78 is 6.25. The molecule has 0 aliphatic carbocycles. The fraction of sp³-hybridized carbons (Fsp3) is 0.500. The van der Waals surface area contributed by atoms with Crippen LogP contribution in [-0.4, -0.2) is 23.9 Å². The topological polar surface area (TPSA) is 26.3 Å². The average molecular weight is 239 g/mol. The highest BCUT2D eigenvalue weighted by atomic mass is 32.2. The van der Waals surface area contributed by atoms with Crippen LogP contribution in [0.1, 0.15) is 0 Å². The smallest absolute Gasteiger partial charge is 0.372 e. The molecule has 2 nitrogen and oxygen atoms in total. The lowest BCUT2D eigenvalue weighted by atomic mass is 11.0. The number of thioether (sulfide) groups is 3. The van der Waals surface area contributed by atoms with Gasteiger partial charge >= 0.3 is 5.30 Å². The van der Waals surface area contributed by atoms with E-state index in [4.69, 9.17) is 12.6 Å². The van der Waals surface area contributed by atoms with E-state index in [2.05, 4.69) is 4.74 Å².